The van der Waals surface area contributed by atoms with E-state index in [0.29, 0.717) is 41.2 Å². The first-order valence-corrected chi connectivity index (χ1v) is 10.7. The van der Waals surface area contributed by atoms with Gasteiger partial charge in [-0.1, -0.05) is 0 Å². The predicted octanol–water partition coefficient (Wildman–Crippen LogP) is 2.85. The van der Waals surface area contributed by atoms with Gasteiger partial charge in [-0.15, -0.1) is 0 Å². The van der Waals surface area contributed by atoms with Gasteiger partial charge in [0.2, 0.25) is 0 Å². The molecular weight excluding hydrogens is 395 g/mol. The van der Waals surface area contributed by atoms with Crippen molar-refractivity contribution in [2.45, 2.75) is 49.0 Å². The number of fused-ring (bicyclic) bond motifs is 1. The van der Waals surface area contributed by atoms with Gasteiger partial charge in [-0.25, -0.2) is 4.98 Å². The summed E-state index contributed by atoms with van der Waals surface area (Å²) in [6.07, 6.45) is 0.211. The molecule has 0 spiro atoms. The summed E-state index contributed by atoms with van der Waals surface area (Å²) in [6.45, 7) is 2.74. The molecule has 2 aromatic heterocycles. The molecule has 3 saturated heterocycles. The first-order valence-electron chi connectivity index (χ1n) is 10.7. The minimum atomic E-state index is -4.53. The fraction of sp³-hybridized carbons (Fsp3) is 0.619. The van der Waals surface area contributed by atoms with Crippen molar-refractivity contribution in [2.24, 2.45) is 11.8 Å². The number of hydrogen-bond donors (Lipinski definition) is 1. The third kappa shape index (κ3) is 2.03. The van der Waals surface area contributed by atoms with Crippen LogP contribution in [0, 0.1) is 11.8 Å². The van der Waals surface area contributed by atoms with Crippen LogP contribution < -0.4 is 5.73 Å². The highest BCUT2D eigenvalue weighted by Gasteiger charge is 2.94. The molecule has 0 amide bonds. The van der Waals surface area contributed by atoms with Crippen molar-refractivity contribution < 1.29 is 17.9 Å². The van der Waals surface area contributed by atoms with Gasteiger partial charge in [-0.05, 0) is 43.2 Å². The maximum atomic E-state index is 13.3. The minimum Gasteiger partial charge on any atom is -0.383 e. The van der Waals surface area contributed by atoms with Gasteiger partial charge >= 0.3 is 6.18 Å². The van der Waals surface area contributed by atoms with E-state index in [4.69, 9.17) is 15.6 Å². The summed E-state index contributed by atoms with van der Waals surface area (Å²) in [7, 11) is 0. The summed E-state index contributed by atoms with van der Waals surface area (Å²) in [5.74, 6) is 0.836. The molecular formula is C21H22F3N5O. The average molecular weight is 417 g/mol. The van der Waals surface area contributed by atoms with Crippen LogP contribution in [0.5, 0.6) is 0 Å². The van der Waals surface area contributed by atoms with Crippen molar-refractivity contribution in [1.82, 2.24) is 19.7 Å². The van der Waals surface area contributed by atoms with Crippen LogP contribution in [0.1, 0.15) is 36.6 Å². The van der Waals surface area contributed by atoms with Crippen LogP contribution in [0.25, 0.3) is 11.3 Å². The normalized spacial score (nSPS) is 35.1. The Morgan fingerprint density at radius 2 is 1.97 bits per heavy atom. The number of rotatable bonds is 4. The molecule has 3 aliphatic heterocycles. The lowest BCUT2D eigenvalue weighted by Crippen LogP contribution is -2.48. The van der Waals surface area contributed by atoms with Crippen LogP contribution in [0.2, 0.25) is 0 Å². The summed E-state index contributed by atoms with van der Waals surface area (Å²) in [5, 5.41) is 4.81. The third-order valence-corrected chi connectivity index (χ3v) is 8.18. The Kier molecular flexibility index (Phi) is 3.14. The monoisotopic (exact) mass is 417 g/mol. The number of ether oxygens (including phenoxy) is 1. The van der Waals surface area contributed by atoms with Gasteiger partial charge in [-0.2, -0.15) is 18.3 Å². The molecule has 3 saturated carbocycles. The number of hydrogen-bond acceptors (Lipinski definition) is 5. The zero-order chi connectivity index (χ0) is 20.4. The predicted molar refractivity (Wildman–Crippen MR) is 102 cm³/mol. The highest BCUT2D eigenvalue weighted by molar-refractivity contribution is 5.66. The van der Waals surface area contributed by atoms with E-state index in [1.165, 1.54) is 18.3 Å². The quantitative estimate of drug-likeness (QED) is 0.829. The SMILES string of the molecule is Nc1ncc(-c2cc([C@]34C5[C@@H]3[C@@H]4CN5C3COC3)n(C3CCC3)n2)cc1C(F)(F)F. The van der Waals surface area contributed by atoms with E-state index in [9.17, 15) is 13.2 Å². The molecule has 4 atom stereocenters. The molecule has 0 radical (unpaired) electrons. The number of nitrogen functional groups attached to an aromatic ring is 1. The molecule has 8 rings (SSSR count). The first kappa shape index (κ1) is 17.5. The number of aromatic nitrogens is 3. The van der Waals surface area contributed by atoms with E-state index in [0.717, 1.165) is 38.7 Å². The second-order valence-electron chi connectivity index (χ2n) is 9.50. The molecule has 3 aliphatic carbocycles. The molecule has 9 heteroatoms. The molecule has 1 unspecified atom stereocenters. The second kappa shape index (κ2) is 5.37. The van der Waals surface area contributed by atoms with Crippen LogP contribution in [0.4, 0.5) is 19.0 Å². The van der Waals surface area contributed by atoms with Gasteiger partial charge in [0.25, 0.3) is 0 Å². The standard InChI is InChI=1S/C21H22F3N5O/c22-21(23,24)13-4-10(6-26-19(13)25)15-5-16(29(27-15)11-2-1-3-11)20-14-7-28(12-8-30-9-12)18(20)17(14)20/h4-6,11-12,14,17-18H,1-3,7-9H2,(H2,25,26)/t14-,17-,18?,20-/m0/s1. The second-order valence-corrected chi connectivity index (χ2v) is 9.50. The molecule has 2 bridgehead atoms. The van der Waals surface area contributed by atoms with E-state index >= 15 is 0 Å². The van der Waals surface area contributed by atoms with E-state index in [2.05, 4.69) is 14.6 Å². The Balaban J connectivity index is 1.28. The van der Waals surface area contributed by atoms with E-state index in [-0.39, 0.29) is 5.41 Å². The van der Waals surface area contributed by atoms with E-state index < -0.39 is 17.6 Å². The number of nitrogens with two attached hydrogens (primary N) is 1. The lowest BCUT2D eigenvalue weighted by atomic mass is 9.92. The van der Waals surface area contributed by atoms with Crippen LogP contribution >= 0.6 is 0 Å². The molecule has 0 aromatic carbocycles. The molecule has 2 aromatic rings. The highest BCUT2D eigenvalue weighted by Crippen LogP contribution is 2.86. The van der Waals surface area contributed by atoms with Crippen molar-refractivity contribution in [3.63, 3.8) is 0 Å². The minimum absolute atomic E-state index is 0.157. The van der Waals surface area contributed by atoms with Crippen LogP contribution in [-0.2, 0) is 16.3 Å². The summed E-state index contributed by atoms with van der Waals surface area (Å²) in [6, 6.07) is 4.55. The molecule has 5 heterocycles. The number of nitrogens with zero attached hydrogens (tertiary/aromatic N) is 4. The molecule has 2 N–H and O–H groups in total. The van der Waals surface area contributed by atoms with Crippen LogP contribution in [0.3, 0.4) is 0 Å². The Bertz CT molecular complexity index is 1050. The number of anilines is 1. The summed E-state index contributed by atoms with van der Waals surface area (Å²) < 4.78 is 47.5. The third-order valence-electron chi connectivity index (χ3n) is 8.18. The number of pyridine rings is 1. The maximum absolute atomic E-state index is 13.3. The fourth-order valence-corrected chi connectivity index (χ4v) is 6.25. The van der Waals surface area contributed by atoms with Gasteiger partial charge in [0.1, 0.15) is 5.82 Å². The smallest absolute Gasteiger partial charge is 0.383 e. The van der Waals surface area contributed by atoms with Gasteiger partial charge in [-0.3, -0.25) is 9.58 Å². The summed E-state index contributed by atoms with van der Waals surface area (Å²) in [4.78, 5) is 6.41. The van der Waals surface area contributed by atoms with Crippen LogP contribution in [0.15, 0.2) is 18.3 Å². The molecule has 6 nitrogen and oxygen atoms in total. The Hall–Kier alpha value is -2.13. The van der Waals surface area contributed by atoms with Crippen molar-refractivity contribution in [3.05, 3.63) is 29.6 Å². The Labute approximate surface area is 171 Å². The maximum Gasteiger partial charge on any atom is 0.419 e. The first-order chi connectivity index (χ1) is 14.4. The van der Waals surface area contributed by atoms with Crippen molar-refractivity contribution in [2.75, 3.05) is 25.5 Å². The highest BCUT2D eigenvalue weighted by atomic mass is 19.4. The fourth-order valence-electron chi connectivity index (χ4n) is 6.25. The molecule has 6 aliphatic rings. The van der Waals surface area contributed by atoms with Crippen LogP contribution in [-0.4, -0.2) is 51.5 Å². The molecule has 30 heavy (non-hydrogen) atoms. The number of alkyl halides is 3. The average Bonchev–Trinajstić information content (AvgIpc) is 3.17. The van der Waals surface area contributed by atoms with Crippen molar-refractivity contribution in [1.29, 1.82) is 0 Å². The van der Waals surface area contributed by atoms with Crippen molar-refractivity contribution in [3.8, 4) is 11.3 Å². The lowest BCUT2D eigenvalue weighted by Gasteiger charge is -2.35. The van der Waals surface area contributed by atoms with E-state index in [1.54, 1.807) is 0 Å². The number of piperidine rings is 1. The Morgan fingerprint density at radius 3 is 2.57 bits per heavy atom. The lowest BCUT2D eigenvalue weighted by molar-refractivity contribution is -0.137. The van der Waals surface area contributed by atoms with Gasteiger partial charge in [0, 0.05) is 35.5 Å². The molecule has 158 valence electrons. The van der Waals surface area contributed by atoms with Crippen molar-refractivity contribution >= 4 is 5.82 Å². The zero-order valence-electron chi connectivity index (χ0n) is 16.3. The molecule has 6 fully saturated rings. The van der Waals surface area contributed by atoms with Gasteiger partial charge in [0.15, 0.2) is 0 Å². The van der Waals surface area contributed by atoms with Gasteiger partial charge < -0.3 is 10.5 Å². The van der Waals surface area contributed by atoms with E-state index in [1.807, 2.05) is 6.07 Å². The number of halogens is 3. The zero-order valence-corrected chi connectivity index (χ0v) is 16.3. The topological polar surface area (TPSA) is 69.2 Å². The largest absolute Gasteiger partial charge is 0.419 e. The summed E-state index contributed by atoms with van der Waals surface area (Å²) >= 11 is 0. The van der Waals surface area contributed by atoms with Gasteiger partial charge in [0.05, 0.1) is 36.6 Å². The summed E-state index contributed by atoms with van der Waals surface area (Å²) in [5.41, 5.74) is 6.91. The Morgan fingerprint density at radius 1 is 1.17 bits per heavy atom.